The fourth-order valence-electron chi connectivity index (χ4n) is 1.74. The van der Waals surface area contributed by atoms with Crippen molar-refractivity contribution < 1.29 is 9.47 Å². The van der Waals surface area contributed by atoms with Crippen LogP contribution >= 0.6 is 15.9 Å². The van der Waals surface area contributed by atoms with Crippen LogP contribution in [0.5, 0.6) is 5.75 Å². The maximum atomic E-state index is 5.82. The molecular formula is C13H11BrO2. The van der Waals surface area contributed by atoms with E-state index in [-0.39, 0.29) is 6.10 Å². The second-order valence-electron chi connectivity index (χ2n) is 3.91. The maximum Gasteiger partial charge on any atom is 0.145 e. The van der Waals surface area contributed by atoms with Crippen molar-refractivity contribution in [3.05, 3.63) is 40.9 Å². The molecule has 0 spiro atoms. The summed E-state index contributed by atoms with van der Waals surface area (Å²) in [7, 11) is 0. The minimum Gasteiger partial charge on any atom is -0.484 e. The Bertz CT molecular complexity index is 520. The van der Waals surface area contributed by atoms with Gasteiger partial charge in [0.1, 0.15) is 11.9 Å². The summed E-state index contributed by atoms with van der Waals surface area (Å²) in [5, 5.41) is 2.41. The van der Waals surface area contributed by atoms with Crippen LogP contribution in [0.15, 0.2) is 40.9 Å². The van der Waals surface area contributed by atoms with E-state index in [2.05, 4.69) is 40.2 Å². The van der Waals surface area contributed by atoms with Crippen molar-refractivity contribution in [2.24, 2.45) is 0 Å². The van der Waals surface area contributed by atoms with E-state index in [0.717, 1.165) is 10.2 Å². The second-order valence-corrected chi connectivity index (χ2v) is 4.76. The number of hydrogen-bond donors (Lipinski definition) is 0. The van der Waals surface area contributed by atoms with E-state index in [9.17, 15) is 0 Å². The van der Waals surface area contributed by atoms with Gasteiger partial charge in [0.25, 0.3) is 0 Å². The molecule has 0 atom stereocenters. The Morgan fingerprint density at radius 1 is 1.12 bits per heavy atom. The number of fused-ring (bicyclic) bond motifs is 1. The average molecular weight is 279 g/mol. The Morgan fingerprint density at radius 2 is 1.81 bits per heavy atom. The molecule has 3 heteroatoms. The Labute approximate surface area is 102 Å². The second kappa shape index (κ2) is 4.07. The van der Waals surface area contributed by atoms with E-state index >= 15 is 0 Å². The summed E-state index contributed by atoms with van der Waals surface area (Å²) in [6, 6.07) is 12.4. The predicted molar refractivity (Wildman–Crippen MR) is 66.9 cm³/mol. The van der Waals surface area contributed by atoms with Crippen molar-refractivity contribution in [3.63, 3.8) is 0 Å². The Morgan fingerprint density at radius 3 is 2.44 bits per heavy atom. The summed E-state index contributed by atoms with van der Waals surface area (Å²) in [6.45, 7) is 1.39. The zero-order valence-corrected chi connectivity index (χ0v) is 10.2. The van der Waals surface area contributed by atoms with Crippen molar-refractivity contribution in [2.75, 3.05) is 13.2 Å². The fourth-order valence-corrected chi connectivity index (χ4v) is 2.20. The zero-order chi connectivity index (χ0) is 11.0. The summed E-state index contributed by atoms with van der Waals surface area (Å²) >= 11 is 3.53. The van der Waals surface area contributed by atoms with Crippen LogP contribution in [0.4, 0.5) is 0 Å². The molecule has 0 saturated carbocycles. The number of ether oxygens (including phenoxy) is 2. The van der Waals surface area contributed by atoms with Gasteiger partial charge in [-0.05, 0) is 38.8 Å². The van der Waals surface area contributed by atoms with Crippen LogP contribution in [0, 0.1) is 0 Å². The first-order chi connectivity index (χ1) is 7.83. The topological polar surface area (TPSA) is 18.5 Å². The number of halogens is 1. The van der Waals surface area contributed by atoms with Gasteiger partial charge in [0.15, 0.2) is 0 Å². The highest BCUT2D eigenvalue weighted by Gasteiger charge is 2.21. The molecule has 0 amide bonds. The normalized spacial score (nSPS) is 16.1. The van der Waals surface area contributed by atoms with Gasteiger partial charge in [0.05, 0.1) is 17.7 Å². The van der Waals surface area contributed by atoms with Gasteiger partial charge in [0.2, 0.25) is 0 Å². The van der Waals surface area contributed by atoms with Crippen LogP contribution in [0.2, 0.25) is 0 Å². The van der Waals surface area contributed by atoms with Crippen LogP contribution in [0.1, 0.15) is 0 Å². The van der Waals surface area contributed by atoms with Gasteiger partial charge in [-0.15, -0.1) is 0 Å². The molecule has 3 rings (SSSR count). The summed E-state index contributed by atoms with van der Waals surface area (Å²) in [5.74, 6) is 0.895. The van der Waals surface area contributed by atoms with Crippen molar-refractivity contribution >= 4 is 26.7 Å². The Hall–Kier alpha value is -1.06. The van der Waals surface area contributed by atoms with E-state index in [0.29, 0.717) is 13.2 Å². The van der Waals surface area contributed by atoms with Crippen molar-refractivity contribution in [3.8, 4) is 5.75 Å². The minimum atomic E-state index is 0.206. The molecule has 2 nitrogen and oxygen atoms in total. The molecule has 1 saturated heterocycles. The van der Waals surface area contributed by atoms with Gasteiger partial charge in [-0.25, -0.2) is 0 Å². The van der Waals surface area contributed by atoms with E-state index < -0.39 is 0 Å². The largest absolute Gasteiger partial charge is 0.484 e. The quantitative estimate of drug-likeness (QED) is 0.839. The first-order valence-corrected chi connectivity index (χ1v) is 6.05. The molecule has 0 aliphatic carbocycles. The molecule has 0 N–H and O–H groups in total. The lowest BCUT2D eigenvalue weighted by Crippen LogP contribution is -2.38. The molecule has 2 aromatic carbocycles. The summed E-state index contributed by atoms with van der Waals surface area (Å²) < 4.78 is 11.9. The van der Waals surface area contributed by atoms with Crippen LogP contribution in [-0.4, -0.2) is 19.3 Å². The first-order valence-electron chi connectivity index (χ1n) is 5.25. The molecule has 1 fully saturated rings. The van der Waals surface area contributed by atoms with Gasteiger partial charge in [-0.2, -0.15) is 0 Å². The zero-order valence-electron chi connectivity index (χ0n) is 8.65. The Kier molecular flexibility index (Phi) is 2.58. The van der Waals surface area contributed by atoms with Crippen LogP contribution < -0.4 is 4.74 Å². The van der Waals surface area contributed by atoms with E-state index in [1.54, 1.807) is 0 Å². The van der Waals surface area contributed by atoms with Crippen molar-refractivity contribution in [2.45, 2.75) is 6.10 Å². The maximum absolute atomic E-state index is 5.82. The van der Waals surface area contributed by atoms with Crippen molar-refractivity contribution in [1.82, 2.24) is 0 Å². The average Bonchev–Trinajstić information content (AvgIpc) is 2.23. The number of rotatable bonds is 2. The molecule has 0 unspecified atom stereocenters. The third kappa shape index (κ3) is 1.81. The highest BCUT2D eigenvalue weighted by atomic mass is 79.9. The summed E-state index contributed by atoms with van der Waals surface area (Å²) in [6.07, 6.45) is 0.206. The van der Waals surface area contributed by atoms with Gasteiger partial charge in [-0.1, -0.05) is 24.3 Å². The smallest absolute Gasteiger partial charge is 0.145 e. The third-order valence-corrected chi connectivity index (χ3v) is 3.32. The molecule has 0 aromatic heterocycles. The number of benzene rings is 2. The van der Waals surface area contributed by atoms with Crippen LogP contribution in [0.25, 0.3) is 10.8 Å². The van der Waals surface area contributed by atoms with Gasteiger partial charge in [0, 0.05) is 0 Å². The van der Waals surface area contributed by atoms with Crippen LogP contribution in [-0.2, 0) is 4.74 Å². The van der Waals surface area contributed by atoms with Gasteiger partial charge >= 0.3 is 0 Å². The molecule has 1 aliphatic rings. The molecule has 1 aliphatic heterocycles. The predicted octanol–water partition coefficient (Wildman–Crippen LogP) is 3.38. The standard InChI is InChI=1S/C13H11BrO2/c14-12-5-9-3-1-2-4-10(9)6-13(12)16-11-7-15-8-11/h1-6,11H,7-8H2. The molecule has 0 bridgehead atoms. The lowest BCUT2D eigenvalue weighted by molar-refractivity contribution is -0.0799. The fraction of sp³-hybridized carbons (Fsp3) is 0.231. The Balaban J connectivity index is 1.99. The minimum absolute atomic E-state index is 0.206. The number of hydrogen-bond acceptors (Lipinski definition) is 2. The van der Waals surface area contributed by atoms with E-state index in [1.165, 1.54) is 10.8 Å². The molecule has 82 valence electrons. The molecule has 2 aromatic rings. The van der Waals surface area contributed by atoms with E-state index in [4.69, 9.17) is 9.47 Å². The first kappa shape index (κ1) is 10.1. The molecule has 16 heavy (non-hydrogen) atoms. The van der Waals surface area contributed by atoms with Gasteiger partial charge in [-0.3, -0.25) is 0 Å². The highest BCUT2D eigenvalue weighted by molar-refractivity contribution is 9.10. The lowest BCUT2D eigenvalue weighted by Gasteiger charge is -2.27. The third-order valence-electron chi connectivity index (χ3n) is 2.70. The summed E-state index contributed by atoms with van der Waals surface area (Å²) in [5.41, 5.74) is 0. The monoisotopic (exact) mass is 278 g/mol. The highest BCUT2D eigenvalue weighted by Crippen LogP contribution is 2.31. The van der Waals surface area contributed by atoms with Crippen LogP contribution in [0.3, 0.4) is 0 Å². The van der Waals surface area contributed by atoms with Crippen molar-refractivity contribution in [1.29, 1.82) is 0 Å². The van der Waals surface area contributed by atoms with Gasteiger partial charge < -0.3 is 9.47 Å². The SMILES string of the molecule is Brc1cc2ccccc2cc1OC1COC1. The molecule has 1 heterocycles. The summed E-state index contributed by atoms with van der Waals surface area (Å²) in [4.78, 5) is 0. The molecular weight excluding hydrogens is 268 g/mol. The molecule has 0 radical (unpaired) electrons. The van der Waals surface area contributed by atoms with E-state index in [1.807, 2.05) is 12.1 Å². The lowest BCUT2D eigenvalue weighted by atomic mass is 10.1.